The maximum absolute atomic E-state index is 12.7. The van der Waals surface area contributed by atoms with Gasteiger partial charge in [-0.2, -0.15) is 0 Å². The molecule has 0 saturated carbocycles. The molecule has 1 aliphatic heterocycles. The number of carboxylic acid groups (broad SMARTS) is 1. The van der Waals surface area contributed by atoms with E-state index in [0.717, 1.165) is 0 Å². The van der Waals surface area contributed by atoms with E-state index in [1.54, 1.807) is 6.07 Å². The number of anilines is 1. The summed E-state index contributed by atoms with van der Waals surface area (Å²) in [4.78, 5) is 50.1. The molecule has 0 aromatic heterocycles. The standard InChI is InChI=1S/C18H22ClN3O5/c1-11(23)20-13-5-6-15(19)14(8-13)17(25)21(2)10-16(24)22-7-3-4-12(9-22)18(26)27/h5-6,8,12H,3-4,7,9-10H2,1-2H3,(H,20,23)(H,26,27). The first-order valence-corrected chi connectivity index (χ1v) is 8.90. The number of benzene rings is 1. The van der Waals surface area contributed by atoms with E-state index in [9.17, 15) is 19.2 Å². The Hall–Kier alpha value is -2.61. The Morgan fingerprint density at radius 3 is 2.67 bits per heavy atom. The number of nitrogens with one attached hydrogen (secondary N) is 1. The fraction of sp³-hybridized carbons (Fsp3) is 0.444. The zero-order valence-electron chi connectivity index (χ0n) is 15.2. The molecule has 1 atom stereocenters. The van der Waals surface area contributed by atoms with Crippen molar-refractivity contribution in [3.05, 3.63) is 28.8 Å². The highest BCUT2D eigenvalue weighted by molar-refractivity contribution is 6.34. The molecule has 8 nitrogen and oxygen atoms in total. The van der Waals surface area contributed by atoms with Gasteiger partial charge in [0.2, 0.25) is 11.8 Å². The molecule has 27 heavy (non-hydrogen) atoms. The predicted molar refractivity (Wildman–Crippen MR) is 99.7 cm³/mol. The van der Waals surface area contributed by atoms with Crippen LogP contribution in [-0.2, 0) is 14.4 Å². The molecule has 146 valence electrons. The van der Waals surface area contributed by atoms with E-state index in [0.29, 0.717) is 25.1 Å². The average molecular weight is 396 g/mol. The van der Waals surface area contributed by atoms with Crippen molar-refractivity contribution in [2.75, 3.05) is 32.0 Å². The van der Waals surface area contributed by atoms with Crippen molar-refractivity contribution in [1.82, 2.24) is 9.80 Å². The van der Waals surface area contributed by atoms with Crippen LogP contribution in [0, 0.1) is 5.92 Å². The van der Waals surface area contributed by atoms with Crippen LogP contribution in [0.15, 0.2) is 18.2 Å². The number of aliphatic carboxylic acids is 1. The van der Waals surface area contributed by atoms with Crippen LogP contribution in [0.25, 0.3) is 0 Å². The zero-order chi connectivity index (χ0) is 20.1. The van der Waals surface area contributed by atoms with Gasteiger partial charge in [-0.15, -0.1) is 0 Å². The molecule has 0 bridgehead atoms. The van der Waals surface area contributed by atoms with Crippen LogP contribution in [0.4, 0.5) is 5.69 Å². The highest BCUT2D eigenvalue weighted by Crippen LogP contribution is 2.22. The smallest absolute Gasteiger partial charge is 0.308 e. The lowest BCUT2D eigenvalue weighted by Gasteiger charge is -2.32. The van der Waals surface area contributed by atoms with Gasteiger partial charge in [0, 0.05) is 32.7 Å². The second-order valence-corrected chi connectivity index (χ2v) is 6.96. The summed E-state index contributed by atoms with van der Waals surface area (Å²) in [5, 5.41) is 11.9. The number of hydrogen-bond acceptors (Lipinski definition) is 4. The number of likely N-dealkylation sites (tertiary alicyclic amines) is 1. The number of carbonyl (C=O) groups is 4. The van der Waals surface area contributed by atoms with Crippen LogP contribution >= 0.6 is 11.6 Å². The number of hydrogen-bond donors (Lipinski definition) is 2. The van der Waals surface area contributed by atoms with Gasteiger partial charge in [-0.25, -0.2) is 0 Å². The van der Waals surface area contributed by atoms with Gasteiger partial charge in [-0.1, -0.05) is 11.6 Å². The second-order valence-electron chi connectivity index (χ2n) is 6.55. The van der Waals surface area contributed by atoms with Gasteiger partial charge in [-0.3, -0.25) is 19.2 Å². The summed E-state index contributed by atoms with van der Waals surface area (Å²) >= 11 is 6.09. The summed E-state index contributed by atoms with van der Waals surface area (Å²) in [5.74, 6) is -2.55. The Morgan fingerprint density at radius 1 is 1.33 bits per heavy atom. The Bertz CT molecular complexity index is 767. The summed E-state index contributed by atoms with van der Waals surface area (Å²) in [6, 6.07) is 4.53. The zero-order valence-corrected chi connectivity index (χ0v) is 16.0. The Balaban J connectivity index is 2.05. The van der Waals surface area contributed by atoms with Gasteiger partial charge < -0.3 is 20.2 Å². The normalized spacial score (nSPS) is 16.6. The molecule has 1 fully saturated rings. The van der Waals surface area contributed by atoms with E-state index in [1.807, 2.05) is 0 Å². The lowest BCUT2D eigenvalue weighted by molar-refractivity contribution is -0.145. The van der Waals surface area contributed by atoms with Gasteiger partial charge in [0.25, 0.3) is 5.91 Å². The lowest BCUT2D eigenvalue weighted by Crippen LogP contribution is -2.46. The molecule has 1 aromatic carbocycles. The van der Waals surface area contributed by atoms with Crippen LogP contribution in [0.5, 0.6) is 0 Å². The topological polar surface area (TPSA) is 107 Å². The van der Waals surface area contributed by atoms with E-state index < -0.39 is 17.8 Å². The first kappa shape index (κ1) is 20.7. The Labute approximate surface area is 162 Å². The molecule has 3 amide bonds. The minimum absolute atomic E-state index is 0.148. The first-order chi connectivity index (χ1) is 12.7. The number of carboxylic acids is 1. The van der Waals surface area contributed by atoms with Crippen molar-refractivity contribution >= 4 is 41.0 Å². The molecule has 1 heterocycles. The third-order valence-corrected chi connectivity index (χ3v) is 4.69. The summed E-state index contributed by atoms with van der Waals surface area (Å²) in [6.07, 6.45) is 1.16. The summed E-state index contributed by atoms with van der Waals surface area (Å²) in [6.45, 7) is 1.79. The molecule has 0 spiro atoms. The summed E-state index contributed by atoms with van der Waals surface area (Å²) in [7, 11) is 1.47. The maximum Gasteiger partial charge on any atom is 0.308 e. The van der Waals surface area contributed by atoms with Gasteiger partial charge in [0.1, 0.15) is 0 Å². The highest BCUT2D eigenvalue weighted by Gasteiger charge is 2.29. The highest BCUT2D eigenvalue weighted by atomic mass is 35.5. The van der Waals surface area contributed by atoms with Gasteiger partial charge in [-0.05, 0) is 31.0 Å². The molecule has 2 rings (SSSR count). The van der Waals surface area contributed by atoms with E-state index in [4.69, 9.17) is 16.7 Å². The molecule has 9 heteroatoms. The predicted octanol–water partition coefficient (Wildman–Crippen LogP) is 1.69. The minimum atomic E-state index is -0.918. The summed E-state index contributed by atoms with van der Waals surface area (Å²) in [5.41, 5.74) is 0.593. The number of halogens is 1. The number of nitrogens with zero attached hydrogens (tertiary/aromatic N) is 2. The second kappa shape index (κ2) is 8.85. The van der Waals surface area contributed by atoms with Crippen molar-refractivity contribution in [2.24, 2.45) is 5.92 Å². The number of likely N-dealkylation sites (N-methyl/N-ethyl adjacent to an activating group) is 1. The molecule has 1 saturated heterocycles. The van der Waals surface area contributed by atoms with Crippen molar-refractivity contribution in [3.63, 3.8) is 0 Å². The van der Waals surface area contributed by atoms with Crippen molar-refractivity contribution in [1.29, 1.82) is 0 Å². The van der Waals surface area contributed by atoms with E-state index in [-0.39, 0.29) is 35.5 Å². The Kier molecular flexibility index (Phi) is 6.79. The monoisotopic (exact) mass is 395 g/mol. The van der Waals surface area contributed by atoms with E-state index in [1.165, 1.54) is 35.9 Å². The van der Waals surface area contributed by atoms with Crippen molar-refractivity contribution in [2.45, 2.75) is 19.8 Å². The first-order valence-electron chi connectivity index (χ1n) is 8.52. The van der Waals surface area contributed by atoms with Crippen LogP contribution in [-0.4, -0.2) is 65.3 Å². The minimum Gasteiger partial charge on any atom is -0.481 e. The van der Waals surface area contributed by atoms with Crippen LogP contribution in [0.3, 0.4) is 0 Å². The van der Waals surface area contributed by atoms with Gasteiger partial charge >= 0.3 is 5.97 Å². The average Bonchev–Trinajstić information content (AvgIpc) is 2.62. The molecule has 2 N–H and O–H groups in total. The van der Waals surface area contributed by atoms with Crippen LogP contribution < -0.4 is 5.32 Å². The SMILES string of the molecule is CC(=O)Nc1ccc(Cl)c(C(=O)N(C)CC(=O)N2CCCC(C(=O)O)C2)c1. The number of amides is 3. The fourth-order valence-electron chi connectivity index (χ4n) is 2.96. The third kappa shape index (κ3) is 5.43. The van der Waals surface area contributed by atoms with Gasteiger partial charge in [0.15, 0.2) is 0 Å². The van der Waals surface area contributed by atoms with E-state index >= 15 is 0 Å². The van der Waals surface area contributed by atoms with Crippen LogP contribution in [0.1, 0.15) is 30.1 Å². The molecule has 1 unspecified atom stereocenters. The molecule has 0 radical (unpaired) electrons. The number of carbonyl (C=O) groups excluding carboxylic acids is 3. The molecule has 1 aromatic rings. The number of piperidine rings is 1. The molecule has 1 aliphatic rings. The van der Waals surface area contributed by atoms with E-state index in [2.05, 4.69) is 5.32 Å². The van der Waals surface area contributed by atoms with Crippen molar-refractivity contribution < 1.29 is 24.3 Å². The molecule has 0 aliphatic carbocycles. The largest absolute Gasteiger partial charge is 0.481 e. The molecular formula is C18H22ClN3O5. The van der Waals surface area contributed by atoms with Crippen molar-refractivity contribution in [3.8, 4) is 0 Å². The summed E-state index contributed by atoms with van der Waals surface area (Å²) < 4.78 is 0. The molecular weight excluding hydrogens is 374 g/mol. The lowest BCUT2D eigenvalue weighted by atomic mass is 9.98. The van der Waals surface area contributed by atoms with Crippen LogP contribution in [0.2, 0.25) is 5.02 Å². The maximum atomic E-state index is 12.7. The number of rotatable bonds is 5. The Morgan fingerprint density at radius 2 is 2.04 bits per heavy atom. The fourth-order valence-corrected chi connectivity index (χ4v) is 3.15. The third-order valence-electron chi connectivity index (χ3n) is 4.36. The van der Waals surface area contributed by atoms with Gasteiger partial charge in [0.05, 0.1) is 23.0 Å². The quantitative estimate of drug-likeness (QED) is 0.789.